The molecule has 8 heteroatoms. The molecule has 1 heterocycles. The molecule has 1 aliphatic heterocycles. The van der Waals surface area contributed by atoms with Crippen molar-refractivity contribution >= 4 is 29.4 Å². The van der Waals surface area contributed by atoms with E-state index >= 15 is 0 Å². The second-order valence-electron chi connectivity index (χ2n) is 5.93. The van der Waals surface area contributed by atoms with Crippen LogP contribution in [-0.2, 0) is 23.9 Å². The summed E-state index contributed by atoms with van der Waals surface area (Å²) in [4.78, 5) is 47.8. The summed E-state index contributed by atoms with van der Waals surface area (Å²) in [6, 6.07) is 6.58. The number of carbonyl (C=O) groups excluding carboxylic acids is 4. The van der Waals surface area contributed by atoms with Gasteiger partial charge in [-0.15, -0.1) is 0 Å². The Balaban J connectivity index is 1.73. The van der Waals surface area contributed by atoms with Gasteiger partial charge in [-0.2, -0.15) is 0 Å². The number of anilines is 1. The summed E-state index contributed by atoms with van der Waals surface area (Å²) in [6.45, 7) is 1.31. The molecule has 2 N–H and O–H groups in total. The second-order valence-corrected chi connectivity index (χ2v) is 5.93. The highest BCUT2D eigenvalue weighted by atomic mass is 16.5. The van der Waals surface area contributed by atoms with E-state index in [1.54, 1.807) is 12.1 Å². The maximum Gasteiger partial charge on any atom is 0.329 e. The molecule has 1 aromatic rings. The lowest BCUT2D eigenvalue weighted by molar-refractivity contribution is -0.153. The van der Waals surface area contributed by atoms with Crippen LogP contribution in [0.2, 0.25) is 0 Å². The quantitative estimate of drug-likeness (QED) is 0.716. The van der Waals surface area contributed by atoms with Crippen molar-refractivity contribution in [2.45, 2.75) is 25.8 Å². The van der Waals surface area contributed by atoms with E-state index in [4.69, 9.17) is 4.74 Å². The molecule has 1 aliphatic rings. The minimum atomic E-state index is -0.699. The molecule has 1 atom stereocenters. The van der Waals surface area contributed by atoms with Crippen LogP contribution in [0, 0.1) is 6.92 Å². The molecular formula is C17H21N3O5. The van der Waals surface area contributed by atoms with Crippen molar-refractivity contribution < 1.29 is 23.9 Å². The zero-order valence-electron chi connectivity index (χ0n) is 14.2. The van der Waals surface area contributed by atoms with Crippen LogP contribution < -0.4 is 10.6 Å². The minimum absolute atomic E-state index is 0.162. The number of carbonyl (C=O) groups is 4. The Hall–Kier alpha value is -2.90. The highest BCUT2D eigenvalue weighted by Gasteiger charge is 2.29. The molecule has 0 saturated carbocycles. The van der Waals surface area contributed by atoms with Crippen LogP contribution in [0.3, 0.4) is 0 Å². The minimum Gasteiger partial charge on any atom is -0.454 e. The maximum atomic E-state index is 11.9. The lowest BCUT2D eigenvalue weighted by Gasteiger charge is -2.17. The largest absolute Gasteiger partial charge is 0.454 e. The Kier molecular flexibility index (Phi) is 6.10. The molecule has 3 amide bonds. The molecule has 25 heavy (non-hydrogen) atoms. The first-order valence-corrected chi connectivity index (χ1v) is 7.91. The van der Waals surface area contributed by atoms with E-state index in [0.717, 1.165) is 5.56 Å². The first-order chi connectivity index (χ1) is 11.8. The van der Waals surface area contributed by atoms with E-state index in [0.29, 0.717) is 12.1 Å². The first-order valence-electron chi connectivity index (χ1n) is 7.91. The summed E-state index contributed by atoms with van der Waals surface area (Å²) in [6.07, 6.45) is 0.632. The fourth-order valence-corrected chi connectivity index (χ4v) is 2.28. The summed E-state index contributed by atoms with van der Waals surface area (Å²) >= 11 is 0. The van der Waals surface area contributed by atoms with Gasteiger partial charge in [-0.3, -0.25) is 14.4 Å². The number of nitrogens with one attached hydrogen (secondary N) is 2. The number of nitrogens with zero attached hydrogens (tertiary/aromatic N) is 1. The van der Waals surface area contributed by atoms with Gasteiger partial charge < -0.3 is 20.3 Å². The molecule has 2 rings (SSSR count). The number of likely N-dealkylation sites (N-methyl/N-ethyl adjacent to an activating group) is 1. The van der Waals surface area contributed by atoms with E-state index in [-0.39, 0.29) is 24.8 Å². The maximum absolute atomic E-state index is 11.9. The molecule has 8 nitrogen and oxygen atoms in total. The number of rotatable bonds is 6. The average molecular weight is 347 g/mol. The van der Waals surface area contributed by atoms with Crippen molar-refractivity contribution in [1.82, 2.24) is 10.2 Å². The number of esters is 1. The van der Waals surface area contributed by atoms with Crippen molar-refractivity contribution in [3.8, 4) is 0 Å². The van der Waals surface area contributed by atoms with Crippen molar-refractivity contribution in [2.24, 2.45) is 0 Å². The van der Waals surface area contributed by atoms with Crippen LogP contribution in [0.25, 0.3) is 0 Å². The fourth-order valence-electron chi connectivity index (χ4n) is 2.28. The van der Waals surface area contributed by atoms with Crippen LogP contribution in [0.5, 0.6) is 0 Å². The van der Waals surface area contributed by atoms with Gasteiger partial charge in [0.1, 0.15) is 6.04 Å². The van der Waals surface area contributed by atoms with Gasteiger partial charge >= 0.3 is 5.97 Å². The summed E-state index contributed by atoms with van der Waals surface area (Å²) in [5.74, 6) is -1.71. The van der Waals surface area contributed by atoms with Crippen LogP contribution in [0.15, 0.2) is 24.3 Å². The molecule has 0 radical (unpaired) electrons. The van der Waals surface area contributed by atoms with Gasteiger partial charge in [0.05, 0.1) is 6.54 Å². The van der Waals surface area contributed by atoms with Crippen LogP contribution in [-0.4, -0.2) is 54.8 Å². The normalized spacial score (nSPS) is 16.1. The predicted molar refractivity (Wildman–Crippen MR) is 89.6 cm³/mol. The third-order valence-electron chi connectivity index (χ3n) is 3.76. The van der Waals surface area contributed by atoms with Crippen molar-refractivity contribution in [3.63, 3.8) is 0 Å². The Labute approximate surface area is 145 Å². The number of hydrogen-bond donors (Lipinski definition) is 2. The van der Waals surface area contributed by atoms with E-state index in [1.807, 2.05) is 19.1 Å². The van der Waals surface area contributed by atoms with Gasteiger partial charge in [-0.25, -0.2) is 4.79 Å². The Bertz CT molecular complexity index is 671. The number of amides is 3. The predicted octanol–water partition coefficient (Wildman–Crippen LogP) is 0.214. The molecule has 1 saturated heterocycles. The van der Waals surface area contributed by atoms with Crippen LogP contribution in [0.4, 0.5) is 5.69 Å². The molecule has 1 aromatic carbocycles. The number of hydrogen-bond acceptors (Lipinski definition) is 5. The number of benzene rings is 1. The standard InChI is InChI=1S/C17H21N3O5/c1-11-3-5-12(6-4-11)18-15(22)9-20(2)16(23)10-25-17(24)13-7-8-14(21)19-13/h3-6,13H,7-10H2,1-2H3,(H,18,22)(H,19,21)/t13-/m1/s1. The van der Waals surface area contributed by atoms with E-state index in [9.17, 15) is 19.2 Å². The third-order valence-corrected chi connectivity index (χ3v) is 3.76. The lowest BCUT2D eigenvalue weighted by Crippen LogP contribution is -2.40. The summed E-state index contributed by atoms with van der Waals surface area (Å²) < 4.78 is 4.89. The van der Waals surface area contributed by atoms with Gasteiger partial charge in [-0.1, -0.05) is 17.7 Å². The van der Waals surface area contributed by atoms with E-state index in [2.05, 4.69) is 10.6 Å². The Morgan fingerprint density at radius 3 is 2.56 bits per heavy atom. The summed E-state index contributed by atoms with van der Waals surface area (Å²) in [7, 11) is 1.45. The molecule has 0 aromatic heterocycles. The molecule has 1 fully saturated rings. The average Bonchev–Trinajstić information content (AvgIpc) is 3.00. The first kappa shape index (κ1) is 18.4. The Morgan fingerprint density at radius 2 is 1.96 bits per heavy atom. The highest BCUT2D eigenvalue weighted by Crippen LogP contribution is 2.09. The smallest absolute Gasteiger partial charge is 0.329 e. The number of ether oxygens (including phenoxy) is 1. The van der Waals surface area contributed by atoms with E-state index < -0.39 is 24.5 Å². The molecule has 134 valence electrons. The molecular weight excluding hydrogens is 326 g/mol. The molecule has 0 aliphatic carbocycles. The van der Waals surface area contributed by atoms with Crippen molar-refractivity contribution in [1.29, 1.82) is 0 Å². The van der Waals surface area contributed by atoms with Gasteiger partial charge in [0.15, 0.2) is 6.61 Å². The topological polar surface area (TPSA) is 105 Å². The van der Waals surface area contributed by atoms with Gasteiger partial charge in [0.25, 0.3) is 5.91 Å². The third kappa shape index (κ3) is 5.59. The summed E-state index contributed by atoms with van der Waals surface area (Å²) in [5, 5.41) is 5.15. The Morgan fingerprint density at radius 1 is 1.28 bits per heavy atom. The van der Waals surface area contributed by atoms with E-state index in [1.165, 1.54) is 11.9 Å². The SMILES string of the molecule is Cc1ccc(NC(=O)CN(C)C(=O)COC(=O)[C@H]2CCC(=O)N2)cc1. The fraction of sp³-hybridized carbons (Fsp3) is 0.412. The summed E-state index contributed by atoms with van der Waals surface area (Å²) in [5.41, 5.74) is 1.71. The molecule has 0 unspecified atom stereocenters. The highest BCUT2D eigenvalue weighted by molar-refractivity contribution is 5.95. The van der Waals surface area contributed by atoms with Crippen LogP contribution in [0.1, 0.15) is 18.4 Å². The van der Waals surface area contributed by atoms with Gasteiger partial charge in [0, 0.05) is 19.2 Å². The zero-order valence-corrected chi connectivity index (χ0v) is 14.2. The van der Waals surface area contributed by atoms with Gasteiger partial charge in [0.2, 0.25) is 11.8 Å². The molecule has 0 bridgehead atoms. The number of aryl methyl sites for hydroxylation is 1. The van der Waals surface area contributed by atoms with Crippen molar-refractivity contribution in [3.05, 3.63) is 29.8 Å². The monoisotopic (exact) mass is 347 g/mol. The second kappa shape index (κ2) is 8.27. The zero-order chi connectivity index (χ0) is 18.4. The van der Waals surface area contributed by atoms with Crippen LogP contribution >= 0.6 is 0 Å². The lowest BCUT2D eigenvalue weighted by atomic mass is 10.2. The van der Waals surface area contributed by atoms with Gasteiger partial charge in [-0.05, 0) is 25.5 Å². The van der Waals surface area contributed by atoms with Crippen molar-refractivity contribution in [2.75, 3.05) is 25.5 Å². The molecule has 0 spiro atoms.